The fraction of sp³-hybridized carbons (Fsp3) is 0.846. The summed E-state index contributed by atoms with van der Waals surface area (Å²) in [6.07, 6.45) is 0.407. The van der Waals surface area contributed by atoms with Crippen molar-refractivity contribution in [3.8, 4) is 0 Å². The van der Waals surface area contributed by atoms with Gasteiger partial charge >= 0.3 is 0 Å². The number of rotatable bonds is 3. The number of Topliss-reactive ketones (excluding diaryl/α,β-unsaturated/α-hetero) is 1. The van der Waals surface area contributed by atoms with E-state index in [-0.39, 0.29) is 17.1 Å². The van der Waals surface area contributed by atoms with E-state index in [0.717, 1.165) is 0 Å². The molecule has 0 aromatic heterocycles. The Morgan fingerprint density at radius 2 is 1.50 bits per heavy atom. The maximum absolute atomic E-state index is 12.2. The minimum absolute atomic E-state index is 0.0717. The van der Waals surface area contributed by atoms with Crippen LogP contribution < -0.4 is 5.32 Å². The van der Waals surface area contributed by atoms with Crippen molar-refractivity contribution in [3.05, 3.63) is 0 Å². The summed E-state index contributed by atoms with van der Waals surface area (Å²) in [5, 5.41) is 2.82. The van der Waals surface area contributed by atoms with Gasteiger partial charge in [-0.05, 0) is 5.41 Å². The summed E-state index contributed by atoms with van der Waals surface area (Å²) in [4.78, 5) is 23.7. The lowest BCUT2D eigenvalue weighted by molar-refractivity contribution is -0.135. The summed E-state index contributed by atoms with van der Waals surface area (Å²) in [5.41, 5.74) is -0.686. The summed E-state index contributed by atoms with van der Waals surface area (Å²) >= 11 is 0. The third-order valence-electron chi connectivity index (χ3n) is 2.49. The first-order chi connectivity index (χ1) is 7.00. The Morgan fingerprint density at radius 3 is 1.75 bits per heavy atom. The molecule has 0 aliphatic carbocycles. The zero-order valence-corrected chi connectivity index (χ0v) is 11.6. The molecule has 0 aliphatic heterocycles. The lowest BCUT2D eigenvalue weighted by Crippen LogP contribution is -2.52. The SMILES string of the molecule is CCC(=O)N[C@H](C(=O)C(C)(C)C)C(C)(C)C. The topological polar surface area (TPSA) is 46.2 Å². The van der Waals surface area contributed by atoms with Gasteiger partial charge in [-0.15, -0.1) is 0 Å². The largest absolute Gasteiger partial charge is 0.346 e. The minimum Gasteiger partial charge on any atom is -0.346 e. The molecule has 1 N–H and O–H groups in total. The first-order valence-corrected chi connectivity index (χ1v) is 5.83. The number of carbonyl (C=O) groups excluding carboxylic acids is 2. The number of hydrogen-bond donors (Lipinski definition) is 1. The second kappa shape index (κ2) is 4.98. The van der Waals surface area contributed by atoms with Crippen LogP contribution in [0.3, 0.4) is 0 Å². The summed E-state index contributed by atoms with van der Waals surface area (Å²) < 4.78 is 0. The summed E-state index contributed by atoms with van der Waals surface area (Å²) in [7, 11) is 0. The molecule has 0 radical (unpaired) electrons. The average molecular weight is 227 g/mol. The molecule has 0 unspecified atom stereocenters. The molecular formula is C13H25NO2. The maximum Gasteiger partial charge on any atom is 0.220 e. The Bertz CT molecular complexity index is 269. The van der Waals surface area contributed by atoms with Gasteiger partial charge in [-0.1, -0.05) is 48.5 Å². The molecule has 94 valence electrons. The Labute approximate surface area is 99.0 Å². The number of hydrogen-bond acceptors (Lipinski definition) is 2. The van der Waals surface area contributed by atoms with Crippen molar-refractivity contribution in [2.24, 2.45) is 10.8 Å². The third-order valence-corrected chi connectivity index (χ3v) is 2.49. The van der Waals surface area contributed by atoms with E-state index in [9.17, 15) is 9.59 Å². The molecule has 0 bridgehead atoms. The van der Waals surface area contributed by atoms with Gasteiger partial charge in [-0.2, -0.15) is 0 Å². The Morgan fingerprint density at radius 1 is 1.06 bits per heavy atom. The van der Waals surface area contributed by atoms with Crippen LogP contribution in [0.4, 0.5) is 0 Å². The third kappa shape index (κ3) is 4.33. The molecule has 1 atom stereocenters. The predicted octanol–water partition coefficient (Wildman–Crippen LogP) is 2.54. The van der Waals surface area contributed by atoms with Crippen LogP contribution in [0.15, 0.2) is 0 Å². The van der Waals surface area contributed by atoms with Gasteiger partial charge in [-0.25, -0.2) is 0 Å². The maximum atomic E-state index is 12.2. The van der Waals surface area contributed by atoms with Crippen LogP contribution in [-0.4, -0.2) is 17.7 Å². The van der Waals surface area contributed by atoms with Gasteiger partial charge in [0.15, 0.2) is 5.78 Å². The van der Waals surface area contributed by atoms with Gasteiger partial charge in [0.25, 0.3) is 0 Å². The van der Waals surface area contributed by atoms with Crippen molar-refractivity contribution in [1.82, 2.24) is 5.32 Å². The molecule has 1 amide bonds. The fourth-order valence-corrected chi connectivity index (χ4v) is 1.37. The fourth-order valence-electron chi connectivity index (χ4n) is 1.37. The van der Waals surface area contributed by atoms with Gasteiger partial charge in [0.2, 0.25) is 5.91 Å². The van der Waals surface area contributed by atoms with E-state index in [1.54, 1.807) is 6.92 Å². The zero-order chi connectivity index (χ0) is 13.1. The second-order valence-corrected chi connectivity index (χ2v) is 6.33. The smallest absolute Gasteiger partial charge is 0.220 e. The van der Waals surface area contributed by atoms with Crippen molar-refractivity contribution in [2.45, 2.75) is 60.9 Å². The van der Waals surface area contributed by atoms with E-state index in [2.05, 4.69) is 5.32 Å². The van der Waals surface area contributed by atoms with Crippen LogP contribution in [0.5, 0.6) is 0 Å². The quantitative estimate of drug-likeness (QED) is 0.805. The van der Waals surface area contributed by atoms with Crippen LogP contribution in [0.2, 0.25) is 0 Å². The monoisotopic (exact) mass is 227 g/mol. The van der Waals surface area contributed by atoms with Crippen LogP contribution >= 0.6 is 0 Å². The lowest BCUT2D eigenvalue weighted by Gasteiger charge is -2.34. The van der Waals surface area contributed by atoms with Crippen LogP contribution in [0.1, 0.15) is 54.9 Å². The molecule has 0 saturated carbocycles. The number of nitrogens with one attached hydrogen (secondary N) is 1. The van der Waals surface area contributed by atoms with Gasteiger partial charge in [0.1, 0.15) is 0 Å². The van der Waals surface area contributed by atoms with Crippen LogP contribution in [0, 0.1) is 10.8 Å². The summed E-state index contributed by atoms with van der Waals surface area (Å²) in [6.45, 7) is 13.3. The number of ketones is 1. The summed E-state index contributed by atoms with van der Waals surface area (Å²) in [5.74, 6) is 0.0133. The Kier molecular flexibility index (Phi) is 4.71. The molecule has 0 aromatic carbocycles. The van der Waals surface area contributed by atoms with Gasteiger partial charge in [0, 0.05) is 11.8 Å². The molecule has 0 heterocycles. The molecule has 3 nitrogen and oxygen atoms in total. The van der Waals surface area contributed by atoms with Crippen molar-refractivity contribution in [2.75, 3.05) is 0 Å². The molecular weight excluding hydrogens is 202 g/mol. The van der Waals surface area contributed by atoms with Crippen molar-refractivity contribution in [3.63, 3.8) is 0 Å². The van der Waals surface area contributed by atoms with E-state index in [0.29, 0.717) is 6.42 Å². The van der Waals surface area contributed by atoms with Gasteiger partial charge in [-0.3, -0.25) is 9.59 Å². The summed E-state index contributed by atoms with van der Waals surface area (Å²) in [6, 6.07) is -0.417. The lowest BCUT2D eigenvalue weighted by atomic mass is 9.75. The van der Waals surface area contributed by atoms with Crippen LogP contribution in [0.25, 0.3) is 0 Å². The first-order valence-electron chi connectivity index (χ1n) is 5.83. The van der Waals surface area contributed by atoms with Crippen molar-refractivity contribution < 1.29 is 9.59 Å². The molecule has 0 fully saturated rings. The average Bonchev–Trinajstić information content (AvgIpc) is 2.09. The molecule has 0 aromatic rings. The standard InChI is InChI=1S/C13H25NO2/c1-8-9(15)14-10(12(2,3)4)11(16)13(5,6)7/h10H,8H2,1-7H3,(H,14,15)/t10-/m1/s1. The predicted molar refractivity (Wildman–Crippen MR) is 66.1 cm³/mol. The van der Waals surface area contributed by atoms with E-state index < -0.39 is 11.5 Å². The normalized spacial score (nSPS) is 14.4. The zero-order valence-electron chi connectivity index (χ0n) is 11.6. The second-order valence-electron chi connectivity index (χ2n) is 6.33. The van der Waals surface area contributed by atoms with E-state index in [1.807, 2.05) is 41.5 Å². The minimum atomic E-state index is -0.432. The Hall–Kier alpha value is -0.860. The number of amides is 1. The highest BCUT2D eigenvalue weighted by Crippen LogP contribution is 2.27. The van der Waals surface area contributed by atoms with E-state index in [1.165, 1.54) is 0 Å². The highest BCUT2D eigenvalue weighted by atomic mass is 16.2. The van der Waals surface area contributed by atoms with Gasteiger partial charge < -0.3 is 5.32 Å². The molecule has 0 aliphatic rings. The van der Waals surface area contributed by atoms with Gasteiger partial charge in [0.05, 0.1) is 6.04 Å². The van der Waals surface area contributed by atoms with Crippen molar-refractivity contribution in [1.29, 1.82) is 0 Å². The molecule has 0 saturated heterocycles. The molecule has 16 heavy (non-hydrogen) atoms. The molecule has 3 heteroatoms. The van der Waals surface area contributed by atoms with E-state index in [4.69, 9.17) is 0 Å². The van der Waals surface area contributed by atoms with Crippen LogP contribution in [-0.2, 0) is 9.59 Å². The molecule has 0 spiro atoms. The highest BCUT2D eigenvalue weighted by Gasteiger charge is 2.37. The van der Waals surface area contributed by atoms with E-state index >= 15 is 0 Å². The first kappa shape index (κ1) is 15.1. The number of carbonyl (C=O) groups is 2. The van der Waals surface area contributed by atoms with Crippen molar-refractivity contribution >= 4 is 11.7 Å². The molecule has 0 rings (SSSR count). The Balaban J connectivity index is 4.98. The highest BCUT2D eigenvalue weighted by molar-refractivity contribution is 5.92.